The molecule has 3 aromatic rings. The van der Waals surface area contributed by atoms with Crippen LogP contribution in [0, 0.1) is 0 Å². The molecule has 0 bridgehead atoms. The molecule has 0 fully saturated rings. The Labute approximate surface area is 103 Å². The minimum absolute atomic E-state index is 0.788. The summed E-state index contributed by atoms with van der Waals surface area (Å²) in [5.41, 5.74) is 3.30. The van der Waals surface area contributed by atoms with Gasteiger partial charge >= 0.3 is 0 Å². The van der Waals surface area contributed by atoms with E-state index in [9.17, 15) is 4.79 Å². The number of benzene rings is 1. The van der Waals surface area contributed by atoms with Crippen molar-refractivity contribution in [2.45, 2.75) is 0 Å². The summed E-state index contributed by atoms with van der Waals surface area (Å²) in [6.45, 7) is 0. The summed E-state index contributed by atoms with van der Waals surface area (Å²) in [5, 5.41) is 3.16. The number of fused-ring (bicyclic) bond motifs is 1. The molecule has 84 valence electrons. The van der Waals surface area contributed by atoms with E-state index in [1.807, 2.05) is 30.6 Å². The predicted octanol–water partition coefficient (Wildman–Crippen LogP) is 3.72. The lowest BCUT2D eigenvalue weighted by molar-refractivity contribution is 0.112. The van der Waals surface area contributed by atoms with Gasteiger partial charge in [-0.25, -0.2) is 0 Å². The standard InChI is InChI=1S/C14H11NOS/c1-15-12-5-3-2-4-10(12)8-13(15)11-6-7-17-14(11)9-16/h2-9H,1H3. The van der Waals surface area contributed by atoms with Crippen LogP contribution in [0.4, 0.5) is 0 Å². The van der Waals surface area contributed by atoms with E-state index in [4.69, 9.17) is 0 Å². The molecule has 2 heterocycles. The number of thiophene rings is 1. The first-order chi connectivity index (χ1) is 8.31. The largest absolute Gasteiger partial charge is 0.344 e. The Balaban J connectivity index is 2.31. The fourth-order valence-electron chi connectivity index (χ4n) is 2.17. The van der Waals surface area contributed by atoms with Gasteiger partial charge in [0.2, 0.25) is 0 Å². The van der Waals surface area contributed by atoms with Crippen LogP contribution in [-0.4, -0.2) is 10.9 Å². The Morgan fingerprint density at radius 1 is 1.24 bits per heavy atom. The molecule has 0 saturated heterocycles. The molecule has 0 aliphatic rings. The maximum Gasteiger partial charge on any atom is 0.160 e. The molecule has 0 aliphatic carbocycles. The van der Waals surface area contributed by atoms with Crippen LogP contribution in [0.3, 0.4) is 0 Å². The van der Waals surface area contributed by atoms with Crippen LogP contribution < -0.4 is 0 Å². The topological polar surface area (TPSA) is 22.0 Å². The number of carbonyl (C=O) groups is 1. The highest BCUT2D eigenvalue weighted by molar-refractivity contribution is 7.12. The predicted molar refractivity (Wildman–Crippen MR) is 71.6 cm³/mol. The molecule has 0 N–H and O–H groups in total. The third-order valence-corrected chi connectivity index (χ3v) is 3.87. The van der Waals surface area contributed by atoms with Crippen LogP contribution in [0.1, 0.15) is 9.67 Å². The van der Waals surface area contributed by atoms with Crippen molar-refractivity contribution in [3.05, 3.63) is 46.7 Å². The molecule has 3 heteroatoms. The molecule has 0 amide bonds. The summed E-state index contributed by atoms with van der Waals surface area (Å²) in [5.74, 6) is 0. The smallest absolute Gasteiger partial charge is 0.160 e. The van der Waals surface area contributed by atoms with Gasteiger partial charge in [-0.1, -0.05) is 18.2 Å². The normalized spacial score (nSPS) is 10.9. The van der Waals surface area contributed by atoms with Gasteiger partial charge in [-0.15, -0.1) is 11.3 Å². The summed E-state index contributed by atoms with van der Waals surface area (Å²) in [6, 6.07) is 12.4. The Kier molecular flexibility index (Phi) is 2.34. The summed E-state index contributed by atoms with van der Waals surface area (Å²) in [4.78, 5) is 11.8. The number of hydrogen-bond donors (Lipinski definition) is 0. The Morgan fingerprint density at radius 2 is 2.06 bits per heavy atom. The van der Waals surface area contributed by atoms with E-state index in [2.05, 4.69) is 22.8 Å². The fraction of sp³-hybridized carbons (Fsp3) is 0.0714. The number of nitrogens with zero attached hydrogens (tertiary/aromatic N) is 1. The first-order valence-corrected chi connectivity index (χ1v) is 6.26. The molecular formula is C14H11NOS. The van der Waals surface area contributed by atoms with Gasteiger partial charge in [0, 0.05) is 23.5 Å². The molecular weight excluding hydrogens is 230 g/mol. The lowest BCUT2D eigenvalue weighted by atomic mass is 10.2. The van der Waals surface area contributed by atoms with Crippen molar-refractivity contribution < 1.29 is 4.79 Å². The highest BCUT2D eigenvalue weighted by Gasteiger charge is 2.11. The molecule has 2 nitrogen and oxygen atoms in total. The summed E-state index contributed by atoms with van der Waals surface area (Å²) >= 11 is 1.48. The van der Waals surface area contributed by atoms with Crippen molar-refractivity contribution in [2.24, 2.45) is 7.05 Å². The zero-order valence-electron chi connectivity index (χ0n) is 9.38. The maximum absolute atomic E-state index is 11.0. The first-order valence-electron chi connectivity index (χ1n) is 5.39. The monoisotopic (exact) mass is 241 g/mol. The van der Waals surface area contributed by atoms with Gasteiger partial charge in [0.25, 0.3) is 0 Å². The summed E-state index contributed by atoms with van der Waals surface area (Å²) in [7, 11) is 2.03. The van der Waals surface area contributed by atoms with Crippen LogP contribution in [-0.2, 0) is 7.05 Å². The molecule has 1 aromatic carbocycles. The zero-order chi connectivity index (χ0) is 11.8. The van der Waals surface area contributed by atoms with E-state index in [1.54, 1.807) is 0 Å². The van der Waals surface area contributed by atoms with Gasteiger partial charge in [-0.3, -0.25) is 4.79 Å². The highest BCUT2D eigenvalue weighted by Crippen LogP contribution is 2.31. The molecule has 0 aliphatic heterocycles. The number of aldehydes is 1. The minimum Gasteiger partial charge on any atom is -0.344 e. The maximum atomic E-state index is 11.0. The second-order valence-electron chi connectivity index (χ2n) is 3.96. The van der Waals surface area contributed by atoms with Gasteiger partial charge in [0.1, 0.15) is 0 Å². The molecule has 3 rings (SSSR count). The number of aryl methyl sites for hydroxylation is 1. The van der Waals surface area contributed by atoms with Gasteiger partial charge in [-0.2, -0.15) is 0 Å². The van der Waals surface area contributed by atoms with Crippen LogP contribution in [0.15, 0.2) is 41.8 Å². The average molecular weight is 241 g/mol. The first kappa shape index (κ1) is 10.3. The van der Waals surface area contributed by atoms with E-state index in [0.717, 1.165) is 22.4 Å². The lowest BCUT2D eigenvalue weighted by Gasteiger charge is -2.02. The third kappa shape index (κ3) is 1.51. The molecule has 0 saturated carbocycles. The fourth-order valence-corrected chi connectivity index (χ4v) is 2.88. The number of hydrogen-bond acceptors (Lipinski definition) is 2. The highest BCUT2D eigenvalue weighted by atomic mass is 32.1. The molecule has 0 spiro atoms. The number of carbonyl (C=O) groups excluding carboxylic acids is 1. The van der Waals surface area contributed by atoms with Gasteiger partial charge in [-0.05, 0) is 23.6 Å². The third-order valence-electron chi connectivity index (χ3n) is 3.03. The SMILES string of the molecule is Cn1c(-c2ccsc2C=O)cc2ccccc21. The average Bonchev–Trinajstić information content (AvgIpc) is 2.94. The quantitative estimate of drug-likeness (QED) is 0.627. The Morgan fingerprint density at radius 3 is 2.82 bits per heavy atom. The minimum atomic E-state index is 0.788. The lowest BCUT2D eigenvalue weighted by Crippen LogP contribution is -1.91. The van der Waals surface area contributed by atoms with E-state index >= 15 is 0 Å². The second-order valence-corrected chi connectivity index (χ2v) is 4.91. The van der Waals surface area contributed by atoms with Crippen LogP contribution >= 0.6 is 11.3 Å². The molecule has 0 radical (unpaired) electrons. The Bertz CT molecular complexity index is 693. The number of aromatic nitrogens is 1. The van der Waals surface area contributed by atoms with Crippen molar-refractivity contribution in [1.29, 1.82) is 0 Å². The second kappa shape index (κ2) is 3.86. The zero-order valence-corrected chi connectivity index (χ0v) is 10.2. The van der Waals surface area contributed by atoms with Crippen molar-refractivity contribution in [3.63, 3.8) is 0 Å². The number of rotatable bonds is 2. The van der Waals surface area contributed by atoms with E-state index in [1.165, 1.54) is 22.2 Å². The summed E-state index contributed by atoms with van der Waals surface area (Å²) in [6.07, 6.45) is 0.928. The van der Waals surface area contributed by atoms with E-state index in [-0.39, 0.29) is 0 Å². The number of para-hydroxylation sites is 1. The molecule has 17 heavy (non-hydrogen) atoms. The molecule has 2 aromatic heterocycles. The van der Waals surface area contributed by atoms with Crippen molar-refractivity contribution >= 4 is 28.5 Å². The summed E-state index contributed by atoms with van der Waals surface area (Å²) < 4.78 is 2.13. The van der Waals surface area contributed by atoms with Crippen LogP contribution in [0.2, 0.25) is 0 Å². The Hall–Kier alpha value is -1.87. The van der Waals surface area contributed by atoms with Gasteiger partial charge < -0.3 is 4.57 Å². The van der Waals surface area contributed by atoms with Crippen molar-refractivity contribution in [3.8, 4) is 11.3 Å². The van der Waals surface area contributed by atoms with Crippen LogP contribution in [0.25, 0.3) is 22.2 Å². The molecule has 0 atom stereocenters. The molecule has 0 unspecified atom stereocenters. The van der Waals surface area contributed by atoms with E-state index in [0.29, 0.717) is 0 Å². The van der Waals surface area contributed by atoms with Crippen molar-refractivity contribution in [1.82, 2.24) is 4.57 Å². The van der Waals surface area contributed by atoms with E-state index < -0.39 is 0 Å². The van der Waals surface area contributed by atoms with Gasteiger partial charge in [0.05, 0.1) is 10.6 Å². The van der Waals surface area contributed by atoms with Crippen molar-refractivity contribution in [2.75, 3.05) is 0 Å². The van der Waals surface area contributed by atoms with Gasteiger partial charge in [0.15, 0.2) is 6.29 Å². The van der Waals surface area contributed by atoms with Crippen LogP contribution in [0.5, 0.6) is 0 Å².